The molecule has 4 rings (SSSR count). The summed E-state index contributed by atoms with van der Waals surface area (Å²) >= 11 is 1.19. The van der Waals surface area contributed by atoms with Gasteiger partial charge in [0.15, 0.2) is 5.82 Å². The molecule has 0 aliphatic carbocycles. The van der Waals surface area contributed by atoms with Crippen molar-refractivity contribution in [2.45, 2.75) is 12.8 Å². The molecule has 0 fully saturated rings. The number of ether oxygens (including phenoxy) is 2. The van der Waals surface area contributed by atoms with Crippen molar-refractivity contribution in [3.05, 3.63) is 95.6 Å². The van der Waals surface area contributed by atoms with Crippen LogP contribution in [0, 0.1) is 5.82 Å². The predicted octanol–water partition coefficient (Wildman–Crippen LogP) is 5.25. The highest BCUT2D eigenvalue weighted by molar-refractivity contribution is 7.07. The first-order chi connectivity index (χ1) is 15.6. The number of hydrogen-bond acceptors (Lipinski definition) is 6. The van der Waals surface area contributed by atoms with Crippen molar-refractivity contribution in [1.82, 2.24) is 9.36 Å². The lowest BCUT2D eigenvalue weighted by atomic mass is 10.1. The molecule has 0 saturated heterocycles. The summed E-state index contributed by atoms with van der Waals surface area (Å²) in [7, 11) is 1.63. The number of nitrogens with zero attached hydrogens (tertiary/aromatic N) is 2. The molecule has 0 aliphatic heterocycles. The number of benzene rings is 3. The lowest BCUT2D eigenvalue weighted by Crippen LogP contribution is -2.14. The van der Waals surface area contributed by atoms with Crippen LogP contribution in [0.1, 0.15) is 17.0 Å². The van der Waals surface area contributed by atoms with Crippen molar-refractivity contribution >= 4 is 23.1 Å². The number of rotatable bonds is 8. The summed E-state index contributed by atoms with van der Waals surface area (Å²) in [5, 5.41) is 3.19. The molecular weight excluding hydrogens is 429 g/mol. The van der Waals surface area contributed by atoms with Crippen molar-refractivity contribution < 1.29 is 18.7 Å². The molecule has 8 heteroatoms. The molecule has 0 radical (unpaired) electrons. The monoisotopic (exact) mass is 449 g/mol. The van der Waals surface area contributed by atoms with Crippen LogP contribution in [0.2, 0.25) is 0 Å². The largest absolute Gasteiger partial charge is 0.497 e. The number of carbonyl (C=O) groups is 1. The van der Waals surface area contributed by atoms with Crippen LogP contribution in [0.25, 0.3) is 0 Å². The van der Waals surface area contributed by atoms with E-state index in [9.17, 15) is 9.18 Å². The molecule has 0 saturated carbocycles. The molecule has 1 amide bonds. The molecule has 3 aromatic carbocycles. The molecule has 0 spiro atoms. The summed E-state index contributed by atoms with van der Waals surface area (Å²) in [5.41, 5.74) is 2.43. The van der Waals surface area contributed by atoms with Crippen LogP contribution in [-0.2, 0) is 17.6 Å². The predicted molar refractivity (Wildman–Crippen MR) is 121 cm³/mol. The first kappa shape index (κ1) is 21.5. The van der Waals surface area contributed by atoms with Gasteiger partial charge in [-0.1, -0.05) is 24.3 Å². The Kier molecular flexibility index (Phi) is 6.72. The van der Waals surface area contributed by atoms with Crippen LogP contribution in [0.4, 0.5) is 10.1 Å². The summed E-state index contributed by atoms with van der Waals surface area (Å²) in [4.78, 5) is 16.6. The van der Waals surface area contributed by atoms with E-state index in [1.165, 1.54) is 35.8 Å². The Morgan fingerprint density at radius 2 is 1.78 bits per heavy atom. The second-order valence-corrected chi connectivity index (χ2v) is 7.70. The van der Waals surface area contributed by atoms with Gasteiger partial charge in [0.05, 0.1) is 13.5 Å². The van der Waals surface area contributed by atoms with Crippen LogP contribution in [0.3, 0.4) is 0 Å². The van der Waals surface area contributed by atoms with Crippen LogP contribution in [0.5, 0.6) is 16.7 Å². The normalized spacial score (nSPS) is 10.6. The minimum Gasteiger partial charge on any atom is -0.497 e. The van der Waals surface area contributed by atoms with Gasteiger partial charge in [-0.2, -0.15) is 9.36 Å². The quantitative estimate of drug-likeness (QED) is 0.398. The fourth-order valence-electron chi connectivity index (χ4n) is 3.02. The number of nitrogens with one attached hydrogen (secondary N) is 1. The van der Waals surface area contributed by atoms with E-state index in [0.29, 0.717) is 28.9 Å². The smallest absolute Gasteiger partial charge is 0.298 e. The second kappa shape index (κ2) is 10.0. The van der Waals surface area contributed by atoms with Gasteiger partial charge in [0.2, 0.25) is 5.91 Å². The van der Waals surface area contributed by atoms with Gasteiger partial charge < -0.3 is 14.8 Å². The number of hydrogen-bond donors (Lipinski definition) is 1. The van der Waals surface area contributed by atoms with Crippen molar-refractivity contribution in [2.24, 2.45) is 0 Å². The van der Waals surface area contributed by atoms with E-state index in [2.05, 4.69) is 14.7 Å². The maximum absolute atomic E-state index is 13.0. The van der Waals surface area contributed by atoms with Gasteiger partial charge in [-0.25, -0.2) is 4.39 Å². The molecule has 1 N–H and O–H groups in total. The van der Waals surface area contributed by atoms with Gasteiger partial charge in [0.1, 0.15) is 17.3 Å². The molecule has 162 valence electrons. The fourth-order valence-corrected chi connectivity index (χ4v) is 3.58. The second-order valence-electron chi connectivity index (χ2n) is 6.98. The Labute approximate surface area is 188 Å². The van der Waals surface area contributed by atoms with Crippen molar-refractivity contribution in [1.29, 1.82) is 0 Å². The molecule has 0 atom stereocenters. The third kappa shape index (κ3) is 5.89. The maximum atomic E-state index is 13.0. The Bertz CT molecular complexity index is 1190. The van der Waals surface area contributed by atoms with Crippen molar-refractivity contribution in [3.8, 4) is 16.7 Å². The first-order valence-electron chi connectivity index (χ1n) is 9.85. The van der Waals surface area contributed by atoms with Gasteiger partial charge >= 0.3 is 0 Å². The molecular formula is C24H20FN3O3S. The van der Waals surface area contributed by atoms with Crippen LogP contribution < -0.4 is 14.8 Å². The van der Waals surface area contributed by atoms with Crippen LogP contribution in [0.15, 0.2) is 72.8 Å². The van der Waals surface area contributed by atoms with Gasteiger partial charge in [-0.3, -0.25) is 4.79 Å². The number of aromatic nitrogens is 2. The zero-order valence-corrected chi connectivity index (χ0v) is 18.1. The summed E-state index contributed by atoms with van der Waals surface area (Å²) < 4.78 is 28.3. The highest BCUT2D eigenvalue weighted by Gasteiger charge is 2.09. The van der Waals surface area contributed by atoms with Crippen LogP contribution >= 0.6 is 11.5 Å². The third-order valence-electron chi connectivity index (χ3n) is 4.57. The number of carbonyl (C=O) groups excluding carboxylic acids is 1. The van der Waals surface area contributed by atoms with Gasteiger partial charge in [-0.15, -0.1) is 0 Å². The van der Waals surface area contributed by atoms with Gasteiger partial charge in [0.25, 0.3) is 5.19 Å². The minimum absolute atomic E-state index is 0.184. The zero-order valence-electron chi connectivity index (χ0n) is 17.2. The Balaban J connectivity index is 1.31. The van der Waals surface area contributed by atoms with E-state index in [4.69, 9.17) is 9.47 Å². The number of methoxy groups -OCH3 is 1. The Morgan fingerprint density at radius 1 is 1.00 bits per heavy atom. The Hall–Kier alpha value is -3.78. The zero-order chi connectivity index (χ0) is 22.3. The van der Waals surface area contributed by atoms with Crippen molar-refractivity contribution in [3.63, 3.8) is 0 Å². The Morgan fingerprint density at radius 3 is 2.53 bits per heavy atom. The third-order valence-corrected chi connectivity index (χ3v) is 5.20. The van der Waals surface area contributed by atoms with Crippen LogP contribution in [-0.4, -0.2) is 22.4 Å². The summed E-state index contributed by atoms with van der Waals surface area (Å²) in [6.45, 7) is 0. The average molecular weight is 450 g/mol. The highest BCUT2D eigenvalue weighted by atomic mass is 32.1. The molecule has 32 heavy (non-hydrogen) atoms. The molecule has 0 bridgehead atoms. The number of halogens is 1. The lowest BCUT2D eigenvalue weighted by Gasteiger charge is -2.06. The van der Waals surface area contributed by atoms with E-state index in [1.807, 2.05) is 36.4 Å². The average Bonchev–Trinajstić information content (AvgIpc) is 3.23. The van der Waals surface area contributed by atoms with Crippen molar-refractivity contribution in [2.75, 3.05) is 12.4 Å². The first-order valence-corrected chi connectivity index (χ1v) is 10.6. The molecule has 1 aromatic heterocycles. The fraction of sp³-hybridized carbons (Fsp3) is 0.125. The number of amides is 1. The minimum atomic E-state index is -0.346. The summed E-state index contributed by atoms with van der Waals surface area (Å²) in [5.74, 6) is 1.54. The van der Waals surface area contributed by atoms with E-state index < -0.39 is 0 Å². The lowest BCUT2D eigenvalue weighted by molar-refractivity contribution is -0.115. The summed E-state index contributed by atoms with van der Waals surface area (Å²) in [6.07, 6.45) is 0.778. The van der Waals surface area contributed by atoms with E-state index in [0.717, 1.165) is 16.9 Å². The molecule has 4 aromatic rings. The van der Waals surface area contributed by atoms with Gasteiger partial charge in [0, 0.05) is 23.6 Å². The topological polar surface area (TPSA) is 73.3 Å². The highest BCUT2D eigenvalue weighted by Crippen LogP contribution is 2.25. The molecule has 1 heterocycles. The number of anilines is 1. The molecule has 0 unspecified atom stereocenters. The standard InChI is InChI=1S/C24H20FN3O3S/c1-30-21-4-2-3-17(13-21)14-22-27-24(32-28-22)31-20-11-5-16(6-12-20)15-23(29)26-19-9-7-18(25)8-10-19/h2-13H,14-15H2,1H3,(H,26,29). The molecule has 6 nitrogen and oxygen atoms in total. The SMILES string of the molecule is COc1cccc(Cc2nsc(Oc3ccc(CC(=O)Nc4ccc(F)cc4)cc3)n2)c1. The molecule has 0 aliphatic rings. The van der Waals surface area contributed by atoms with Gasteiger partial charge in [-0.05, 0) is 59.7 Å². The van der Waals surface area contributed by atoms with E-state index in [1.54, 1.807) is 19.2 Å². The maximum Gasteiger partial charge on any atom is 0.298 e. The summed E-state index contributed by atoms with van der Waals surface area (Å²) in [6, 6.07) is 20.6. The van der Waals surface area contributed by atoms with E-state index >= 15 is 0 Å². The van der Waals surface area contributed by atoms with E-state index in [-0.39, 0.29) is 18.1 Å².